The van der Waals surface area contributed by atoms with Crippen LogP contribution < -0.4 is 5.73 Å². The van der Waals surface area contributed by atoms with Crippen molar-refractivity contribution in [3.63, 3.8) is 0 Å². The lowest BCUT2D eigenvalue weighted by Gasteiger charge is -2.28. The molecule has 0 radical (unpaired) electrons. The van der Waals surface area contributed by atoms with Crippen molar-refractivity contribution in [2.24, 2.45) is 5.73 Å². The predicted molar refractivity (Wildman–Crippen MR) is 80.1 cm³/mol. The standard InChI is InChI=1S/C15H20FNO2S/c1-18-11-3-2-4-12(8-11)19-9-10-5-6-14(16)13(7-10)15(17)20/h5-7,11-12H,2-4,8-9H2,1H3,(H2,17,20). The summed E-state index contributed by atoms with van der Waals surface area (Å²) in [6.45, 7) is 0.441. The molecule has 5 heteroatoms. The van der Waals surface area contributed by atoms with E-state index in [2.05, 4.69) is 0 Å². The Morgan fingerprint density at radius 3 is 2.85 bits per heavy atom. The molecule has 0 spiro atoms. The number of rotatable bonds is 5. The first-order valence-electron chi connectivity index (χ1n) is 6.82. The molecule has 0 heterocycles. The van der Waals surface area contributed by atoms with Crippen LogP contribution >= 0.6 is 12.2 Å². The van der Waals surface area contributed by atoms with E-state index >= 15 is 0 Å². The third-order valence-electron chi connectivity index (χ3n) is 3.69. The van der Waals surface area contributed by atoms with Crippen molar-refractivity contribution in [3.8, 4) is 0 Å². The van der Waals surface area contributed by atoms with Crippen LogP contribution in [0.4, 0.5) is 4.39 Å². The third kappa shape index (κ3) is 3.98. The van der Waals surface area contributed by atoms with Crippen molar-refractivity contribution < 1.29 is 13.9 Å². The number of nitrogens with two attached hydrogens (primary N) is 1. The van der Waals surface area contributed by atoms with Crippen LogP contribution in [-0.4, -0.2) is 24.3 Å². The van der Waals surface area contributed by atoms with E-state index in [1.165, 1.54) is 6.07 Å². The highest BCUT2D eigenvalue weighted by molar-refractivity contribution is 7.80. The number of hydrogen-bond acceptors (Lipinski definition) is 3. The van der Waals surface area contributed by atoms with Crippen molar-refractivity contribution in [1.82, 2.24) is 0 Å². The van der Waals surface area contributed by atoms with Gasteiger partial charge in [-0.1, -0.05) is 18.3 Å². The minimum Gasteiger partial charge on any atom is -0.389 e. The molecule has 0 saturated heterocycles. The van der Waals surface area contributed by atoms with Crippen LogP contribution in [-0.2, 0) is 16.1 Å². The maximum Gasteiger partial charge on any atom is 0.133 e. The molecule has 0 amide bonds. The fourth-order valence-corrected chi connectivity index (χ4v) is 2.69. The Morgan fingerprint density at radius 2 is 2.15 bits per heavy atom. The smallest absolute Gasteiger partial charge is 0.133 e. The summed E-state index contributed by atoms with van der Waals surface area (Å²) in [5, 5.41) is 0. The van der Waals surface area contributed by atoms with Gasteiger partial charge in [0.25, 0.3) is 0 Å². The van der Waals surface area contributed by atoms with Gasteiger partial charge in [0.2, 0.25) is 0 Å². The molecular formula is C15H20FNO2S. The quantitative estimate of drug-likeness (QED) is 0.849. The van der Waals surface area contributed by atoms with Gasteiger partial charge in [0.15, 0.2) is 0 Å². The average molecular weight is 297 g/mol. The van der Waals surface area contributed by atoms with E-state index in [4.69, 9.17) is 27.4 Å². The molecule has 0 aliphatic heterocycles. The molecule has 1 aliphatic rings. The number of ether oxygens (including phenoxy) is 2. The Hall–Kier alpha value is -1.04. The minimum absolute atomic E-state index is 0.0708. The van der Waals surface area contributed by atoms with Gasteiger partial charge in [-0.15, -0.1) is 0 Å². The van der Waals surface area contributed by atoms with Crippen LogP contribution in [0.5, 0.6) is 0 Å². The molecule has 2 rings (SSSR count). The fourth-order valence-electron chi connectivity index (χ4n) is 2.53. The number of methoxy groups -OCH3 is 1. The topological polar surface area (TPSA) is 44.5 Å². The second kappa shape index (κ2) is 7.11. The highest BCUT2D eigenvalue weighted by Gasteiger charge is 2.22. The van der Waals surface area contributed by atoms with Crippen LogP contribution in [0, 0.1) is 5.82 Å². The molecular weight excluding hydrogens is 277 g/mol. The predicted octanol–water partition coefficient (Wildman–Crippen LogP) is 2.93. The van der Waals surface area contributed by atoms with Crippen molar-refractivity contribution in [2.45, 2.75) is 44.5 Å². The van der Waals surface area contributed by atoms with Crippen molar-refractivity contribution in [1.29, 1.82) is 0 Å². The summed E-state index contributed by atoms with van der Waals surface area (Å²) < 4.78 is 24.8. The van der Waals surface area contributed by atoms with Crippen LogP contribution in [0.2, 0.25) is 0 Å². The second-order valence-electron chi connectivity index (χ2n) is 5.14. The Kier molecular flexibility index (Phi) is 5.46. The zero-order chi connectivity index (χ0) is 14.5. The summed E-state index contributed by atoms with van der Waals surface area (Å²) in [7, 11) is 1.74. The number of thiocarbonyl (C=S) groups is 1. The zero-order valence-electron chi connectivity index (χ0n) is 11.6. The number of halogens is 1. The van der Waals surface area contributed by atoms with Gasteiger partial charge >= 0.3 is 0 Å². The number of benzene rings is 1. The van der Waals surface area contributed by atoms with E-state index in [1.807, 2.05) is 0 Å². The Balaban J connectivity index is 1.93. The van der Waals surface area contributed by atoms with Gasteiger partial charge in [0.05, 0.1) is 18.8 Å². The van der Waals surface area contributed by atoms with Crippen molar-refractivity contribution >= 4 is 17.2 Å². The summed E-state index contributed by atoms with van der Waals surface area (Å²) in [6.07, 6.45) is 4.66. The molecule has 1 saturated carbocycles. The van der Waals surface area contributed by atoms with E-state index in [9.17, 15) is 4.39 Å². The molecule has 3 nitrogen and oxygen atoms in total. The molecule has 2 N–H and O–H groups in total. The van der Waals surface area contributed by atoms with Gasteiger partial charge in [-0.05, 0) is 43.4 Å². The first-order valence-corrected chi connectivity index (χ1v) is 7.23. The van der Waals surface area contributed by atoms with Gasteiger partial charge in [0, 0.05) is 12.7 Å². The summed E-state index contributed by atoms with van der Waals surface area (Å²) in [5.41, 5.74) is 6.65. The summed E-state index contributed by atoms with van der Waals surface area (Å²) >= 11 is 4.83. The second-order valence-corrected chi connectivity index (χ2v) is 5.58. The lowest BCUT2D eigenvalue weighted by Crippen LogP contribution is -2.27. The van der Waals surface area contributed by atoms with Gasteiger partial charge < -0.3 is 15.2 Å². The van der Waals surface area contributed by atoms with Gasteiger partial charge in [0.1, 0.15) is 10.8 Å². The van der Waals surface area contributed by atoms with Crippen LogP contribution in [0.3, 0.4) is 0 Å². The maximum absolute atomic E-state index is 13.5. The van der Waals surface area contributed by atoms with E-state index in [0.717, 1.165) is 31.2 Å². The van der Waals surface area contributed by atoms with Gasteiger partial charge in [-0.2, -0.15) is 0 Å². The highest BCUT2D eigenvalue weighted by atomic mass is 32.1. The Morgan fingerprint density at radius 1 is 1.40 bits per heavy atom. The molecule has 1 aromatic carbocycles. The van der Waals surface area contributed by atoms with E-state index < -0.39 is 5.82 Å². The molecule has 0 aromatic heterocycles. The first-order chi connectivity index (χ1) is 9.60. The highest BCUT2D eigenvalue weighted by Crippen LogP contribution is 2.24. The summed E-state index contributed by atoms with van der Waals surface area (Å²) in [5.74, 6) is -0.390. The number of hydrogen-bond donors (Lipinski definition) is 1. The largest absolute Gasteiger partial charge is 0.389 e. The SMILES string of the molecule is COC1CCCC(OCc2ccc(F)c(C(N)=S)c2)C1. The van der Waals surface area contributed by atoms with E-state index in [0.29, 0.717) is 6.61 Å². The summed E-state index contributed by atoms with van der Waals surface area (Å²) in [6, 6.07) is 4.74. The minimum atomic E-state index is -0.390. The molecule has 110 valence electrons. The molecule has 1 fully saturated rings. The monoisotopic (exact) mass is 297 g/mol. The van der Waals surface area contributed by atoms with E-state index in [1.54, 1.807) is 19.2 Å². The molecule has 2 atom stereocenters. The maximum atomic E-state index is 13.5. The fraction of sp³-hybridized carbons (Fsp3) is 0.533. The Bertz CT molecular complexity index is 481. The molecule has 2 unspecified atom stereocenters. The molecule has 0 bridgehead atoms. The molecule has 1 aliphatic carbocycles. The zero-order valence-corrected chi connectivity index (χ0v) is 12.4. The van der Waals surface area contributed by atoms with E-state index in [-0.39, 0.29) is 22.8 Å². The van der Waals surface area contributed by atoms with Crippen LogP contribution in [0.25, 0.3) is 0 Å². The average Bonchev–Trinajstić information content (AvgIpc) is 2.46. The van der Waals surface area contributed by atoms with Crippen LogP contribution in [0.15, 0.2) is 18.2 Å². The Labute approximate surface area is 124 Å². The summed E-state index contributed by atoms with van der Waals surface area (Å²) in [4.78, 5) is 0.0708. The van der Waals surface area contributed by atoms with Gasteiger partial charge in [-0.25, -0.2) is 4.39 Å². The molecule has 20 heavy (non-hydrogen) atoms. The lowest BCUT2D eigenvalue weighted by molar-refractivity contribution is -0.0363. The van der Waals surface area contributed by atoms with Crippen molar-refractivity contribution in [2.75, 3.05) is 7.11 Å². The van der Waals surface area contributed by atoms with Crippen LogP contribution in [0.1, 0.15) is 36.8 Å². The first kappa shape index (κ1) is 15.4. The normalized spacial score (nSPS) is 22.7. The van der Waals surface area contributed by atoms with Crippen molar-refractivity contribution in [3.05, 3.63) is 35.1 Å². The lowest BCUT2D eigenvalue weighted by atomic mass is 9.95. The van der Waals surface area contributed by atoms with Gasteiger partial charge in [-0.3, -0.25) is 0 Å². The molecule has 1 aromatic rings. The third-order valence-corrected chi connectivity index (χ3v) is 3.91.